The van der Waals surface area contributed by atoms with E-state index in [4.69, 9.17) is 15.1 Å². The lowest BCUT2D eigenvalue weighted by Gasteiger charge is -2.17. The molecule has 0 unspecified atom stereocenters. The van der Waals surface area contributed by atoms with Gasteiger partial charge in [-0.1, -0.05) is 12.7 Å². The van der Waals surface area contributed by atoms with Crippen molar-refractivity contribution in [1.29, 1.82) is 5.26 Å². The molecule has 0 aromatic heterocycles. The van der Waals surface area contributed by atoms with Crippen LogP contribution < -0.4 is 0 Å². The maximum atomic E-state index is 10.8. The molecule has 0 bridgehead atoms. The van der Waals surface area contributed by atoms with Crippen LogP contribution in [-0.2, 0) is 4.74 Å². The fraction of sp³-hybridized carbons (Fsp3) is 0.118. The van der Waals surface area contributed by atoms with E-state index in [1.54, 1.807) is 19.1 Å². The van der Waals surface area contributed by atoms with Crippen molar-refractivity contribution >= 4 is 0 Å². The van der Waals surface area contributed by atoms with Gasteiger partial charge in [0.15, 0.2) is 0 Å². The van der Waals surface area contributed by atoms with Crippen LogP contribution in [0, 0.1) is 16.2 Å². The smallest absolute Gasteiger partial charge is 0.140 e. The molecule has 23 heavy (non-hydrogen) atoms. The molecule has 0 fully saturated rings. The molecule has 0 aromatic carbocycles. The number of rotatable bonds is 5. The summed E-state index contributed by atoms with van der Waals surface area (Å²) < 4.78 is 5.43. The predicted octanol–water partition coefficient (Wildman–Crippen LogP) is 4.36. The lowest BCUT2D eigenvalue weighted by Crippen LogP contribution is -2.04. The Hall–Kier alpha value is -3.33. The third kappa shape index (κ3) is 4.86. The molecule has 0 saturated heterocycles. The van der Waals surface area contributed by atoms with Crippen LogP contribution in [0.1, 0.15) is 13.8 Å². The Morgan fingerprint density at radius 3 is 2.65 bits per heavy atom. The highest BCUT2D eigenvalue weighted by molar-refractivity contribution is 5.52. The Morgan fingerprint density at radius 1 is 1.43 bits per heavy atom. The molecule has 6 heteroatoms. The predicted molar refractivity (Wildman–Crippen MR) is 86.7 cm³/mol. The van der Waals surface area contributed by atoms with Gasteiger partial charge in [-0.25, -0.2) is 0 Å². The van der Waals surface area contributed by atoms with Gasteiger partial charge >= 0.3 is 0 Å². The lowest BCUT2D eigenvalue weighted by atomic mass is 10.1. The summed E-state index contributed by atoms with van der Waals surface area (Å²) in [5, 5.41) is 29.9. The first kappa shape index (κ1) is 17.7. The third-order valence-electron chi connectivity index (χ3n) is 2.80. The Morgan fingerprint density at radius 2 is 2.13 bits per heavy atom. The minimum atomic E-state index is -0.0548. The van der Waals surface area contributed by atoms with Gasteiger partial charge < -0.3 is 14.9 Å². The topological polar surface area (TPSA) is 103 Å². The van der Waals surface area contributed by atoms with E-state index in [-0.39, 0.29) is 22.8 Å². The number of nitrogens with zero attached hydrogens (tertiary/aromatic N) is 2. The van der Waals surface area contributed by atoms with Crippen LogP contribution in [0.25, 0.3) is 0 Å². The number of allylic oxidation sites excluding steroid dienone is 9. The van der Waals surface area contributed by atoms with Crippen LogP contribution in [0.5, 0.6) is 0 Å². The van der Waals surface area contributed by atoms with Crippen molar-refractivity contribution < 1.29 is 14.9 Å². The second-order valence-electron chi connectivity index (χ2n) is 4.61. The van der Waals surface area contributed by atoms with Crippen molar-refractivity contribution in [3.8, 4) is 6.07 Å². The minimum Gasteiger partial charge on any atom is -0.516 e. The average molecular weight is 312 g/mol. The Labute approximate surface area is 134 Å². The molecule has 118 valence electrons. The van der Waals surface area contributed by atoms with E-state index in [1.165, 1.54) is 25.2 Å². The van der Waals surface area contributed by atoms with Crippen LogP contribution in [0.4, 0.5) is 0 Å². The van der Waals surface area contributed by atoms with Gasteiger partial charge in [0.2, 0.25) is 0 Å². The zero-order valence-electron chi connectivity index (χ0n) is 12.8. The largest absolute Gasteiger partial charge is 0.516 e. The zero-order valence-corrected chi connectivity index (χ0v) is 12.8. The molecule has 0 aromatic rings. The standard InChI is InChI=1S/C17H16N2O4/c1-11(8-14(6-7-20)5-4-12(2)21)17-9-16(19-22)15(10-18)13(3)23-17/h4-9,20-21H,3H2,1-2H3/b7-6+,11-8+,12-4+,14-5+. The fourth-order valence-corrected chi connectivity index (χ4v) is 1.71. The van der Waals surface area contributed by atoms with Crippen molar-refractivity contribution in [2.24, 2.45) is 5.18 Å². The van der Waals surface area contributed by atoms with Gasteiger partial charge in [0.1, 0.15) is 28.9 Å². The lowest BCUT2D eigenvalue weighted by molar-refractivity contribution is 0.322. The molecule has 1 aliphatic heterocycles. The monoisotopic (exact) mass is 312 g/mol. The fourth-order valence-electron chi connectivity index (χ4n) is 1.71. The number of nitroso groups, excluding NO2 is 1. The van der Waals surface area contributed by atoms with E-state index in [9.17, 15) is 10.0 Å². The molecule has 0 amide bonds. The van der Waals surface area contributed by atoms with Gasteiger partial charge in [0, 0.05) is 6.08 Å². The molecule has 0 aliphatic carbocycles. The summed E-state index contributed by atoms with van der Waals surface area (Å²) in [6, 6.07) is 1.81. The summed E-state index contributed by atoms with van der Waals surface area (Å²) in [5.41, 5.74) is 1.11. The van der Waals surface area contributed by atoms with Gasteiger partial charge in [0.05, 0.1) is 12.0 Å². The molecular formula is C17H16N2O4. The molecular weight excluding hydrogens is 296 g/mol. The summed E-state index contributed by atoms with van der Waals surface area (Å²) in [6.45, 7) is 6.82. The van der Waals surface area contributed by atoms with Crippen molar-refractivity contribution in [2.75, 3.05) is 0 Å². The zero-order chi connectivity index (χ0) is 17.4. The molecule has 1 heterocycles. The van der Waals surface area contributed by atoms with Crippen molar-refractivity contribution in [3.05, 3.63) is 87.8 Å². The Balaban J connectivity index is 3.27. The minimum absolute atomic E-state index is 0.0126. The number of ether oxygens (including phenoxy) is 1. The molecule has 1 rings (SSSR count). The summed E-state index contributed by atoms with van der Waals surface area (Å²) >= 11 is 0. The van der Waals surface area contributed by atoms with E-state index in [0.29, 0.717) is 16.9 Å². The van der Waals surface area contributed by atoms with Gasteiger partial charge in [-0.3, -0.25) is 0 Å². The van der Waals surface area contributed by atoms with Gasteiger partial charge in [0.25, 0.3) is 0 Å². The number of hydrogen-bond donors (Lipinski definition) is 2. The second kappa shape index (κ2) is 8.20. The van der Waals surface area contributed by atoms with Gasteiger partial charge in [-0.05, 0) is 48.4 Å². The van der Waals surface area contributed by atoms with E-state index >= 15 is 0 Å². The van der Waals surface area contributed by atoms with Crippen LogP contribution in [0.3, 0.4) is 0 Å². The summed E-state index contributed by atoms with van der Waals surface area (Å²) in [6.07, 6.45) is 8.32. The molecule has 2 N–H and O–H groups in total. The SMILES string of the molecule is C=C1OC(/C(C)=C/C(=C/C=C(\C)O)/C=C/O)=CC(N=O)=C1C#N. The van der Waals surface area contributed by atoms with Gasteiger partial charge in [-0.15, -0.1) is 4.91 Å². The average Bonchev–Trinajstić information content (AvgIpc) is 2.51. The maximum Gasteiger partial charge on any atom is 0.140 e. The molecule has 1 aliphatic rings. The first-order valence-corrected chi connectivity index (χ1v) is 6.56. The van der Waals surface area contributed by atoms with E-state index < -0.39 is 0 Å². The van der Waals surface area contributed by atoms with Crippen molar-refractivity contribution in [2.45, 2.75) is 13.8 Å². The number of aliphatic hydroxyl groups excluding tert-OH is 2. The van der Waals surface area contributed by atoms with E-state index in [0.717, 1.165) is 6.26 Å². The first-order chi connectivity index (χ1) is 10.9. The van der Waals surface area contributed by atoms with Crippen molar-refractivity contribution in [1.82, 2.24) is 0 Å². The normalized spacial score (nSPS) is 17.0. The van der Waals surface area contributed by atoms with Crippen molar-refractivity contribution in [3.63, 3.8) is 0 Å². The number of nitriles is 1. The van der Waals surface area contributed by atoms with Gasteiger partial charge in [-0.2, -0.15) is 5.26 Å². The van der Waals surface area contributed by atoms with Crippen LogP contribution in [0.2, 0.25) is 0 Å². The number of aliphatic hydroxyl groups is 2. The Bertz CT molecular complexity index is 737. The highest BCUT2D eigenvalue weighted by Gasteiger charge is 2.20. The maximum absolute atomic E-state index is 10.8. The number of hydrogen-bond acceptors (Lipinski definition) is 6. The third-order valence-corrected chi connectivity index (χ3v) is 2.80. The highest BCUT2D eigenvalue weighted by Crippen LogP contribution is 2.29. The quantitative estimate of drug-likeness (QED) is 0.446. The summed E-state index contributed by atoms with van der Waals surface area (Å²) in [7, 11) is 0. The highest BCUT2D eigenvalue weighted by atomic mass is 16.5. The summed E-state index contributed by atoms with van der Waals surface area (Å²) in [5.74, 6) is 0.461. The second-order valence-corrected chi connectivity index (χ2v) is 4.61. The molecule has 0 atom stereocenters. The molecule has 0 spiro atoms. The van der Waals surface area contributed by atoms with Crippen LogP contribution in [0.15, 0.2) is 88.1 Å². The van der Waals surface area contributed by atoms with Crippen LogP contribution in [-0.4, -0.2) is 10.2 Å². The molecule has 0 saturated carbocycles. The van der Waals surface area contributed by atoms with E-state index in [1.807, 2.05) is 6.07 Å². The van der Waals surface area contributed by atoms with E-state index in [2.05, 4.69) is 11.8 Å². The Kier molecular flexibility index (Phi) is 6.31. The molecule has 0 radical (unpaired) electrons. The summed E-state index contributed by atoms with van der Waals surface area (Å²) in [4.78, 5) is 10.8. The van der Waals surface area contributed by atoms with Crippen LogP contribution >= 0.6 is 0 Å². The first-order valence-electron chi connectivity index (χ1n) is 6.56. The molecule has 6 nitrogen and oxygen atoms in total.